The quantitative estimate of drug-likeness (QED) is 0.827. The van der Waals surface area contributed by atoms with Crippen LogP contribution in [0.15, 0.2) is 18.2 Å². The molecule has 0 radical (unpaired) electrons. The molecule has 0 spiro atoms. The Labute approximate surface area is 122 Å². The number of ether oxygens (including phenoxy) is 1. The van der Waals surface area contributed by atoms with Gasteiger partial charge >= 0.3 is 0 Å². The van der Waals surface area contributed by atoms with Gasteiger partial charge in [-0.25, -0.2) is 0 Å². The number of rotatable bonds is 6. The Morgan fingerprint density at radius 2 is 2.05 bits per heavy atom. The second-order valence-corrected chi connectivity index (χ2v) is 5.74. The molecular weight excluding hydrogens is 250 g/mol. The van der Waals surface area contributed by atoms with Crippen LogP contribution >= 0.6 is 0 Å². The first-order valence-electron chi connectivity index (χ1n) is 7.87. The molecule has 1 aliphatic rings. The van der Waals surface area contributed by atoms with Crippen molar-refractivity contribution < 1.29 is 9.84 Å². The van der Waals surface area contributed by atoms with Crippen LogP contribution in [0.4, 0.5) is 5.69 Å². The minimum absolute atomic E-state index is 0.0165. The number of anilines is 1. The zero-order chi connectivity index (χ0) is 14.4. The van der Waals surface area contributed by atoms with Gasteiger partial charge in [-0.15, -0.1) is 0 Å². The molecule has 0 saturated heterocycles. The highest BCUT2D eigenvalue weighted by Crippen LogP contribution is 2.29. The minimum Gasteiger partial charge on any atom is -0.494 e. The number of benzene rings is 1. The first-order chi connectivity index (χ1) is 9.74. The Kier molecular flexibility index (Phi) is 5.72. The average Bonchev–Trinajstić information content (AvgIpc) is 2.50. The summed E-state index contributed by atoms with van der Waals surface area (Å²) < 4.78 is 5.52. The fraction of sp³-hybridized carbons (Fsp3) is 0.647. The van der Waals surface area contributed by atoms with Gasteiger partial charge in [-0.2, -0.15) is 0 Å². The zero-order valence-electron chi connectivity index (χ0n) is 12.7. The molecule has 0 amide bonds. The highest BCUT2D eigenvalue weighted by Gasteiger charge is 2.20. The molecule has 2 rings (SSSR count). The summed E-state index contributed by atoms with van der Waals surface area (Å²) in [6.07, 6.45) is 6.78. The van der Waals surface area contributed by atoms with E-state index in [0.717, 1.165) is 22.9 Å². The second-order valence-electron chi connectivity index (χ2n) is 5.74. The van der Waals surface area contributed by atoms with Gasteiger partial charge in [0.1, 0.15) is 5.75 Å². The van der Waals surface area contributed by atoms with E-state index in [1.54, 1.807) is 0 Å². The third-order valence-electron chi connectivity index (χ3n) is 4.28. The van der Waals surface area contributed by atoms with E-state index in [4.69, 9.17) is 4.74 Å². The molecular formula is C17H27NO2. The maximum Gasteiger partial charge on any atom is 0.124 e. The van der Waals surface area contributed by atoms with Gasteiger partial charge in [0, 0.05) is 17.3 Å². The van der Waals surface area contributed by atoms with Gasteiger partial charge in [0.25, 0.3) is 0 Å². The van der Waals surface area contributed by atoms with Crippen LogP contribution in [0.2, 0.25) is 0 Å². The van der Waals surface area contributed by atoms with Crippen molar-refractivity contribution in [2.45, 2.75) is 58.6 Å². The third-order valence-corrected chi connectivity index (χ3v) is 4.28. The van der Waals surface area contributed by atoms with Crippen molar-refractivity contribution in [3.05, 3.63) is 23.8 Å². The van der Waals surface area contributed by atoms with Crippen molar-refractivity contribution in [1.29, 1.82) is 0 Å². The van der Waals surface area contributed by atoms with Crippen LogP contribution in [-0.2, 0) is 6.61 Å². The molecule has 1 saturated carbocycles. The van der Waals surface area contributed by atoms with E-state index in [1.165, 1.54) is 32.1 Å². The molecule has 1 aliphatic carbocycles. The molecule has 0 bridgehead atoms. The molecule has 1 aromatic rings. The Balaban J connectivity index is 2.01. The van der Waals surface area contributed by atoms with Gasteiger partial charge in [0.15, 0.2) is 0 Å². The average molecular weight is 277 g/mol. The molecule has 0 heterocycles. The van der Waals surface area contributed by atoms with Crippen molar-refractivity contribution in [3.63, 3.8) is 0 Å². The fourth-order valence-corrected chi connectivity index (χ4v) is 3.10. The number of nitrogens with one attached hydrogen (secondary N) is 1. The van der Waals surface area contributed by atoms with Crippen LogP contribution < -0.4 is 10.1 Å². The molecule has 0 aromatic heterocycles. The van der Waals surface area contributed by atoms with Gasteiger partial charge in [-0.3, -0.25) is 0 Å². The van der Waals surface area contributed by atoms with Crippen LogP contribution in [0.1, 0.15) is 51.5 Å². The summed E-state index contributed by atoms with van der Waals surface area (Å²) >= 11 is 0. The topological polar surface area (TPSA) is 41.5 Å². The summed E-state index contributed by atoms with van der Waals surface area (Å²) in [6, 6.07) is 6.48. The molecule has 112 valence electrons. The summed E-state index contributed by atoms with van der Waals surface area (Å²) in [4.78, 5) is 0. The highest BCUT2D eigenvalue weighted by molar-refractivity contribution is 5.51. The van der Waals surface area contributed by atoms with Crippen molar-refractivity contribution >= 4 is 5.69 Å². The van der Waals surface area contributed by atoms with E-state index in [0.29, 0.717) is 12.6 Å². The first-order valence-corrected chi connectivity index (χ1v) is 7.87. The first kappa shape index (κ1) is 15.2. The fourth-order valence-electron chi connectivity index (χ4n) is 3.10. The van der Waals surface area contributed by atoms with E-state index in [9.17, 15) is 5.11 Å². The lowest BCUT2D eigenvalue weighted by molar-refractivity contribution is 0.267. The minimum atomic E-state index is 0.0165. The highest BCUT2D eigenvalue weighted by atomic mass is 16.5. The lowest BCUT2D eigenvalue weighted by Gasteiger charge is -2.29. The second kappa shape index (κ2) is 7.53. The molecule has 0 aliphatic heterocycles. The van der Waals surface area contributed by atoms with Crippen LogP contribution in [0.5, 0.6) is 5.75 Å². The molecule has 20 heavy (non-hydrogen) atoms. The smallest absolute Gasteiger partial charge is 0.124 e. The standard InChI is InChI=1S/C17H27NO2/c1-3-20-17-10-9-16(11-15(17)12-19)18-13(2)14-7-5-4-6-8-14/h9-11,13-14,18-19H,3-8,12H2,1-2H3. The van der Waals surface area contributed by atoms with Gasteiger partial charge in [0.2, 0.25) is 0 Å². The van der Waals surface area contributed by atoms with E-state index in [2.05, 4.69) is 12.2 Å². The Hall–Kier alpha value is -1.22. The number of aliphatic hydroxyl groups is 1. The van der Waals surface area contributed by atoms with Crippen molar-refractivity contribution in [2.24, 2.45) is 5.92 Å². The van der Waals surface area contributed by atoms with Gasteiger partial charge in [0.05, 0.1) is 13.2 Å². The maximum atomic E-state index is 9.44. The third kappa shape index (κ3) is 3.89. The van der Waals surface area contributed by atoms with Crippen molar-refractivity contribution in [1.82, 2.24) is 0 Å². The molecule has 1 unspecified atom stereocenters. The van der Waals surface area contributed by atoms with E-state index in [-0.39, 0.29) is 6.61 Å². The zero-order valence-corrected chi connectivity index (χ0v) is 12.7. The lowest BCUT2D eigenvalue weighted by Crippen LogP contribution is -2.27. The van der Waals surface area contributed by atoms with Gasteiger partial charge in [-0.1, -0.05) is 19.3 Å². The SMILES string of the molecule is CCOc1ccc(NC(C)C2CCCCC2)cc1CO. The maximum absolute atomic E-state index is 9.44. The number of hydrogen-bond acceptors (Lipinski definition) is 3. The normalized spacial score (nSPS) is 17.8. The Morgan fingerprint density at radius 3 is 2.70 bits per heavy atom. The monoisotopic (exact) mass is 277 g/mol. The van der Waals surface area contributed by atoms with Crippen molar-refractivity contribution in [2.75, 3.05) is 11.9 Å². The molecule has 3 heteroatoms. The molecule has 1 atom stereocenters. The summed E-state index contributed by atoms with van der Waals surface area (Å²) in [6.45, 7) is 4.87. The van der Waals surface area contributed by atoms with Gasteiger partial charge < -0.3 is 15.2 Å². The van der Waals surface area contributed by atoms with E-state index < -0.39 is 0 Å². The summed E-state index contributed by atoms with van der Waals surface area (Å²) in [5.41, 5.74) is 1.93. The van der Waals surface area contributed by atoms with Crippen LogP contribution in [0.25, 0.3) is 0 Å². The number of aliphatic hydroxyl groups excluding tert-OH is 1. The van der Waals surface area contributed by atoms with Crippen molar-refractivity contribution in [3.8, 4) is 5.75 Å². The largest absolute Gasteiger partial charge is 0.494 e. The Morgan fingerprint density at radius 1 is 1.30 bits per heavy atom. The van der Waals surface area contributed by atoms with Crippen LogP contribution in [-0.4, -0.2) is 17.8 Å². The molecule has 3 nitrogen and oxygen atoms in total. The molecule has 1 fully saturated rings. The van der Waals surface area contributed by atoms with E-state index >= 15 is 0 Å². The number of hydrogen-bond donors (Lipinski definition) is 2. The van der Waals surface area contributed by atoms with Crippen LogP contribution in [0, 0.1) is 5.92 Å². The predicted molar refractivity (Wildman–Crippen MR) is 83.2 cm³/mol. The molecule has 1 aromatic carbocycles. The lowest BCUT2D eigenvalue weighted by atomic mass is 9.84. The molecule has 2 N–H and O–H groups in total. The van der Waals surface area contributed by atoms with E-state index in [1.807, 2.05) is 25.1 Å². The summed E-state index contributed by atoms with van der Waals surface area (Å²) in [5.74, 6) is 1.55. The Bertz CT molecular complexity index is 413. The summed E-state index contributed by atoms with van der Waals surface area (Å²) in [7, 11) is 0. The van der Waals surface area contributed by atoms with Crippen LogP contribution in [0.3, 0.4) is 0 Å². The predicted octanol–water partition coefficient (Wildman–Crippen LogP) is 3.96. The van der Waals surface area contributed by atoms with Gasteiger partial charge in [-0.05, 0) is 50.8 Å². The summed E-state index contributed by atoms with van der Waals surface area (Å²) in [5, 5.41) is 13.0.